The molecule has 7 heteroatoms. The van der Waals surface area contributed by atoms with E-state index in [1.54, 1.807) is 11.3 Å². The first-order chi connectivity index (χ1) is 14.8. The molecule has 0 bridgehead atoms. The summed E-state index contributed by atoms with van der Waals surface area (Å²) in [6.07, 6.45) is 3.34. The van der Waals surface area contributed by atoms with Gasteiger partial charge in [0.05, 0.1) is 40.0 Å². The lowest BCUT2D eigenvalue weighted by Gasteiger charge is -2.30. The van der Waals surface area contributed by atoms with Gasteiger partial charge in [0, 0.05) is 31.3 Å². The molecule has 0 atom stereocenters. The predicted molar refractivity (Wildman–Crippen MR) is 122 cm³/mol. The molecule has 0 amide bonds. The highest BCUT2D eigenvalue weighted by Gasteiger charge is 2.37. The third kappa shape index (κ3) is 3.59. The monoisotopic (exact) mass is 437 g/mol. The molecule has 1 aliphatic carbocycles. The molecule has 3 aromatic heterocycles. The van der Waals surface area contributed by atoms with Crippen LogP contribution in [0.4, 0.5) is 5.00 Å². The lowest BCUT2D eigenvalue weighted by molar-refractivity contribution is 0.0918. The summed E-state index contributed by atoms with van der Waals surface area (Å²) >= 11 is 1.65. The van der Waals surface area contributed by atoms with Crippen LogP contribution >= 0.6 is 11.3 Å². The Labute approximate surface area is 186 Å². The van der Waals surface area contributed by atoms with Crippen LogP contribution in [-0.2, 0) is 11.2 Å². The van der Waals surface area contributed by atoms with Crippen molar-refractivity contribution in [3.05, 3.63) is 40.2 Å². The summed E-state index contributed by atoms with van der Waals surface area (Å²) in [6.45, 7) is 11.3. The molecule has 1 fully saturated rings. The van der Waals surface area contributed by atoms with E-state index in [0.717, 1.165) is 52.7 Å². The summed E-state index contributed by atoms with van der Waals surface area (Å²) < 4.78 is 11.0. The van der Waals surface area contributed by atoms with Crippen LogP contribution in [0.3, 0.4) is 0 Å². The Morgan fingerprint density at radius 2 is 1.90 bits per heavy atom. The smallest absolute Gasteiger partial charge is 0.173 e. The number of Topliss-reactive ketones (excluding diaryl/α,β-unsaturated/α-hetero) is 1. The molecule has 0 saturated carbocycles. The Morgan fingerprint density at radius 1 is 1.13 bits per heavy atom. The van der Waals surface area contributed by atoms with Crippen molar-refractivity contribution in [1.82, 2.24) is 10.1 Å². The summed E-state index contributed by atoms with van der Waals surface area (Å²) in [6, 6.07) is 4.17. The maximum absolute atomic E-state index is 13.1. The molecule has 4 heterocycles. The molecule has 0 unspecified atom stereocenters. The number of aryl methyl sites for hydroxylation is 2. The molecule has 5 rings (SSSR count). The lowest BCUT2D eigenvalue weighted by Crippen LogP contribution is -2.36. The third-order valence-electron chi connectivity index (χ3n) is 6.17. The van der Waals surface area contributed by atoms with Crippen molar-refractivity contribution in [2.45, 2.75) is 40.5 Å². The summed E-state index contributed by atoms with van der Waals surface area (Å²) in [7, 11) is 0. The number of carbonyl (C=O) groups is 1. The van der Waals surface area contributed by atoms with Crippen LogP contribution in [0.15, 0.2) is 22.9 Å². The van der Waals surface area contributed by atoms with Gasteiger partial charge in [-0.05, 0) is 48.9 Å². The van der Waals surface area contributed by atoms with Gasteiger partial charge in [-0.3, -0.25) is 9.78 Å². The van der Waals surface area contributed by atoms with Gasteiger partial charge in [0.25, 0.3) is 0 Å². The van der Waals surface area contributed by atoms with Crippen LogP contribution in [0.5, 0.6) is 0 Å². The number of thiophene rings is 1. The number of ketones is 1. The topological polar surface area (TPSA) is 68.5 Å². The molecule has 1 saturated heterocycles. The second-order valence-electron chi connectivity index (χ2n) is 9.26. The number of anilines is 1. The van der Waals surface area contributed by atoms with Crippen molar-refractivity contribution in [1.29, 1.82) is 0 Å². The summed E-state index contributed by atoms with van der Waals surface area (Å²) in [4.78, 5) is 21.0. The minimum atomic E-state index is -0.0420. The number of fused-ring (bicyclic) bond motifs is 1. The fraction of sp³-hybridized carbons (Fsp3) is 0.458. The normalized spacial score (nSPS) is 18.3. The molecule has 0 spiro atoms. The molecule has 6 nitrogen and oxygen atoms in total. The fourth-order valence-electron chi connectivity index (χ4n) is 4.76. The summed E-state index contributed by atoms with van der Waals surface area (Å²) in [5.41, 5.74) is 6.04. The van der Waals surface area contributed by atoms with E-state index in [-0.39, 0.29) is 11.2 Å². The lowest BCUT2D eigenvalue weighted by atomic mass is 9.75. The molecule has 0 N–H and O–H groups in total. The summed E-state index contributed by atoms with van der Waals surface area (Å²) in [5, 5.41) is 5.27. The van der Waals surface area contributed by atoms with Crippen molar-refractivity contribution in [3.63, 3.8) is 0 Å². The first-order valence-corrected chi connectivity index (χ1v) is 11.6. The molecule has 3 aromatic rings. The van der Waals surface area contributed by atoms with E-state index < -0.39 is 0 Å². The zero-order valence-electron chi connectivity index (χ0n) is 18.4. The van der Waals surface area contributed by atoms with Crippen LogP contribution in [0.1, 0.15) is 47.0 Å². The van der Waals surface area contributed by atoms with Gasteiger partial charge in [-0.2, -0.15) is 0 Å². The molecule has 0 radical (unpaired) electrons. The quantitative estimate of drug-likeness (QED) is 0.570. The molecule has 0 aromatic carbocycles. The highest BCUT2D eigenvalue weighted by atomic mass is 32.1. The Balaban J connectivity index is 1.70. The van der Waals surface area contributed by atoms with Crippen LogP contribution in [0.25, 0.3) is 22.4 Å². The minimum absolute atomic E-state index is 0.0420. The van der Waals surface area contributed by atoms with Crippen LogP contribution < -0.4 is 4.90 Å². The van der Waals surface area contributed by atoms with Crippen molar-refractivity contribution in [3.8, 4) is 22.4 Å². The van der Waals surface area contributed by atoms with Gasteiger partial charge in [0.2, 0.25) is 0 Å². The maximum atomic E-state index is 13.1. The Kier molecular flexibility index (Phi) is 4.98. The standard InChI is InChI=1S/C24H27N3O3S/c1-14-20(15(2)30-26-14)18-11-16(5-6-25-18)21-17-12-24(3,4)13-19(28)22(17)31-23(21)27-7-9-29-10-8-27/h5-6,11H,7-10,12-13H2,1-4H3. The number of ether oxygens (including phenoxy) is 1. The van der Waals surface area contributed by atoms with Crippen LogP contribution in [-0.4, -0.2) is 42.2 Å². The Hall–Kier alpha value is -2.51. The van der Waals surface area contributed by atoms with E-state index >= 15 is 0 Å². The van der Waals surface area contributed by atoms with Gasteiger partial charge in [-0.25, -0.2) is 0 Å². The van der Waals surface area contributed by atoms with Gasteiger partial charge in [-0.15, -0.1) is 11.3 Å². The van der Waals surface area contributed by atoms with Crippen molar-refractivity contribution in [2.24, 2.45) is 5.41 Å². The maximum Gasteiger partial charge on any atom is 0.173 e. The first kappa shape index (κ1) is 20.4. The van der Waals surface area contributed by atoms with E-state index in [1.165, 1.54) is 16.1 Å². The molecular formula is C24H27N3O3S. The van der Waals surface area contributed by atoms with E-state index in [4.69, 9.17) is 9.26 Å². The second-order valence-corrected chi connectivity index (χ2v) is 10.3. The minimum Gasteiger partial charge on any atom is -0.378 e. The van der Waals surface area contributed by atoms with Gasteiger partial charge in [0.15, 0.2) is 5.78 Å². The van der Waals surface area contributed by atoms with E-state index in [0.29, 0.717) is 19.6 Å². The molecule has 162 valence electrons. The number of pyridine rings is 1. The fourth-order valence-corrected chi connectivity index (χ4v) is 6.09. The van der Waals surface area contributed by atoms with Gasteiger partial charge in [0.1, 0.15) is 5.76 Å². The average Bonchev–Trinajstić information content (AvgIpc) is 3.28. The van der Waals surface area contributed by atoms with Crippen LogP contribution in [0, 0.1) is 19.3 Å². The van der Waals surface area contributed by atoms with Gasteiger partial charge < -0.3 is 14.2 Å². The predicted octanol–water partition coefficient (Wildman–Crippen LogP) is 5.07. The highest BCUT2D eigenvalue weighted by molar-refractivity contribution is 7.19. The van der Waals surface area contributed by atoms with E-state index in [1.807, 2.05) is 20.0 Å². The van der Waals surface area contributed by atoms with Gasteiger partial charge in [-0.1, -0.05) is 19.0 Å². The van der Waals surface area contributed by atoms with E-state index in [2.05, 4.69) is 41.0 Å². The van der Waals surface area contributed by atoms with E-state index in [9.17, 15) is 4.79 Å². The van der Waals surface area contributed by atoms with Crippen molar-refractivity contribution >= 4 is 22.1 Å². The van der Waals surface area contributed by atoms with Crippen molar-refractivity contribution < 1.29 is 14.1 Å². The SMILES string of the molecule is Cc1noc(C)c1-c1cc(-c2c(N3CCOCC3)sc3c2CC(C)(C)CC3=O)ccn1. The molecule has 2 aliphatic rings. The van der Waals surface area contributed by atoms with Gasteiger partial charge >= 0.3 is 0 Å². The highest BCUT2D eigenvalue weighted by Crippen LogP contribution is 2.49. The molecule has 1 aliphatic heterocycles. The zero-order chi connectivity index (χ0) is 21.8. The average molecular weight is 438 g/mol. The Bertz CT molecular complexity index is 1140. The third-order valence-corrected chi connectivity index (χ3v) is 7.51. The molecular weight excluding hydrogens is 410 g/mol. The number of hydrogen-bond donors (Lipinski definition) is 0. The number of carbonyl (C=O) groups excluding carboxylic acids is 1. The largest absolute Gasteiger partial charge is 0.378 e. The first-order valence-electron chi connectivity index (χ1n) is 10.8. The number of aromatic nitrogens is 2. The number of morpholine rings is 1. The number of rotatable bonds is 3. The number of hydrogen-bond acceptors (Lipinski definition) is 7. The van der Waals surface area contributed by atoms with Crippen molar-refractivity contribution in [2.75, 3.05) is 31.2 Å². The van der Waals surface area contributed by atoms with Crippen LogP contribution in [0.2, 0.25) is 0 Å². The summed E-state index contributed by atoms with van der Waals surface area (Å²) in [5.74, 6) is 1.02. The second kappa shape index (κ2) is 7.57. The molecule has 31 heavy (non-hydrogen) atoms. The zero-order valence-corrected chi connectivity index (χ0v) is 19.3. The number of nitrogens with zero attached hydrogens (tertiary/aromatic N) is 3. The Morgan fingerprint density at radius 3 is 2.61 bits per heavy atom.